The van der Waals surface area contributed by atoms with Crippen LogP contribution in [0.25, 0.3) is 0 Å². The number of ketones is 1. The smallest absolute Gasteiger partial charge is 0.461 e. The Morgan fingerprint density at radius 2 is 2.15 bits per heavy atom. The fourth-order valence-corrected chi connectivity index (χ4v) is 5.27. The van der Waals surface area contributed by atoms with E-state index in [1.165, 1.54) is 24.3 Å². The van der Waals surface area contributed by atoms with Crippen molar-refractivity contribution in [1.29, 1.82) is 0 Å². The highest BCUT2D eigenvalue weighted by atomic mass is 31.2. The van der Waals surface area contributed by atoms with Crippen LogP contribution in [0.15, 0.2) is 12.3 Å². The average Bonchev–Trinajstić information content (AvgIpc) is 3.03. The Hall–Kier alpha value is -2.06. The van der Waals surface area contributed by atoms with Crippen LogP contribution >= 0.6 is 7.82 Å². The number of methoxy groups -OCH3 is 1. The van der Waals surface area contributed by atoms with E-state index in [0.29, 0.717) is 0 Å². The normalized spacial score (nSPS) is 34.8. The molecule has 0 N–H and O–H groups in total. The first-order valence-corrected chi connectivity index (χ1v) is 11.9. The Kier molecular flexibility index (Phi) is 7.79. The summed E-state index contributed by atoms with van der Waals surface area (Å²) >= 11 is 0. The number of amides is 1. The topological polar surface area (TPSA) is 127 Å². The number of nitrogens with zero attached hydrogens (tertiary/aromatic N) is 1. The molecule has 6 atom stereocenters. The summed E-state index contributed by atoms with van der Waals surface area (Å²) in [6.07, 6.45) is 4.34. The maximum absolute atomic E-state index is 13.1. The lowest BCUT2D eigenvalue weighted by molar-refractivity contribution is -0.160. The largest absolute Gasteiger partial charge is 0.475 e. The zero-order valence-electron chi connectivity index (χ0n) is 18.9. The molecule has 0 aromatic carbocycles. The van der Waals surface area contributed by atoms with Crippen LogP contribution in [0, 0.1) is 17.8 Å². The Labute approximate surface area is 192 Å². The molecule has 3 aliphatic rings. The van der Waals surface area contributed by atoms with Crippen LogP contribution in [0.1, 0.15) is 33.6 Å². The van der Waals surface area contributed by atoms with Gasteiger partial charge in [-0.3, -0.25) is 28.1 Å². The molecule has 3 heterocycles. The summed E-state index contributed by atoms with van der Waals surface area (Å²) in [5, 5.41) is 0. The second kappa shape index (κ2) is 10.1. The van der Waals surface area contributed by atoms with Crippen LogP contribution in [-0.2, 0) is 46.7 Å². The molecule has 0 unspecified atom stereocenters. The highest BCUT2D eigenvalue weighted by Crippen LogP contribution is 2.59. The number of terminal acetylenes is 1. The lowest BCUT2D eigenvalue weighted by Gasteiger charge is -2.37. The van der Waals surface area contributed by atoms with Crippen molar-refractivity contribution >= 4 is 25.5 Å². The minimum atomic E-state index is -4.05. The van der Waals surface area contributed by atoms with Crippen LogP contribution in [0.5, 0.6) is 0 Å². The van der Waals surface area contributed by atoms with E-state index in [2.05, 4.69) is 5.92 Å². The Bertz CT molecular complexity index is 911. The van der Waals surface area contributed by atoms with Gasteiger partial charge >= 0.3 is 13.8 Å². The van der Waals surface area contributed by atoms with Crippen LogP contribution in [0.2, 0.25) is 0 Å². The fraction of sp³-hybridized carbons (Fsp3) is 0.667. The summed E-state index contributed by atoms with van der Waals surface area (Å²) in [5.74, 6) is 1.24. The van der Waals surface area contributed by atoms with Crippen molar-refractivity contribution in [3.63, 3.8) is 0 Å². The monoisotopic (exact) mass is 485 g/mol. The Morgan fingerprint density at radius 3 is 2.76 bits per heavy atom. The highest BCUT2D eigenvalue weighted by molar-refractivity contribution is 7.48. The van der Waals surface area contributed by atoms with Crippen molar-refractivity contribution < 1.29 is 46.7 Å². The van der Waals surface area contributed by atoms with E-state index in [0.717, 1.165) is 0 Å². The molecule has 0 aliphatic carbocycles. The van der Waals surface area contributed by atoms with Crippen molar-refractivity contribution in [1.82, 2.24) is 4.90 Å². The lowest BCUT2D eigenvalue weighted by Crippen LogP contribution is -2.49. The van der Waals surface area contributed by atoms with Gasteiger partial charge in [-0.25, -0.2) is 9.36 Å². The second-order valence-electron chi connectivity index (χ2n) is 8.31. The number of hydrogen-bond donors (Lipinski definition) is 0. The maximum Gasteiger partial charge on any atom is 0.475 e. The molecule has 0 bridgehead atoms. The number of carbonyl (C=O) groups is 3. The molecule has 182 valence electrons. The summed E-state index contributed by atoms with van der Waals surface area (Å²) in [4.78, 5) is 37.2. The van der Waals surface area contributed by atoms with Crippen molar-refractivity contribution in [2.75, 3.05) is 20.3 Å². The van der Waals surface area contributed by atoms with Gasteiger partial charge in [0.15, 0.2) is 18.1 Å². The zero-order valence-corrected chi connectivity index (χ0v) is 19.8. The molecule has 0 aromatic heterocycles. The van der Waals surface area contributed by atoms with E-state index in [1.807, 2.05) is 0 Å². The van der Waals surface area contributed by atoms with Crippen molar-refractivity contribution in [3.05, 3.63) is 12.3 Å². The molecular formula is C21H28NO10P. The molecule has 3 rings (SSSR count). The summed E-state index contributed by atoms with van der Waals surface area (Å²) in [7, 11) is -2.70. The zero-order chi connectivity index (χ0) is 24.4. The van der Waals surface area contributed by atoms with Gasteiger partial charge in [0.2, 0.25) is 5.91 Å². The van der Waals surface area contributed by atoms with Gasteiger partial charge in [0.1, 0.15) is 17.6 Å². The predicted octanol–water partition coefficient (Wildman–Crippen LogP) is 1.56. The third-order valence-electron chi connectivity index (χ3n) is 5.51. The van der Waals surface area contributed by atoms with Gasteiger partial charge < -0.3 is 14.2 Å². The molecule has 12 heteroatoms. The minimum Gasteiger partial charge on any atom is -0.461 e. The average molecular weight is 485 g/mol. The van der Waals surface area contributed by atoms with Crippen molar-refractivity contribution in [3.8, 4) is 12.3 Å². The molecule has 3 aliphatic heterocycles. The van der Waals surface area contributed by atoms with Gasteiger partial charge in [0.25, 0.3) is 0 Å². The standard InChI is InChI=1S/C21H28NO10P/c1-6-21(4)18-16(31-20(21)22-9-7-14(23)11-17(22)24)12-29-33(26,32-18)28-10-8-15(27-5)19(25)30-13(2)3/h1,7,9,13,15-16,18,20H,8,10-12H2,2-5H3/t15-,16-,18-,20-,21-,33-/m1/s1. The van der Waals surface area contributed by atoms with Gasteiger partial charge in [-0.2, -0.15) is 0 Å². The van der Waals surface area contributed by atoms with Crippen LogP contribution in [-0.4, -0.2) is 73.5 Å². The Balaban J connectivity index is 1.67. The minimum absolute atomic E-state index is 0.0551. The molecule has 0 spiro atoms. The highest BCUT2D eigenvalue weighted by Gasteiger charge is 2.61. The van der Waals surface area contributed by atoms with E-state index >= 15 is 0 Å². The first kappa shape index (κ1) is 25.6. The van der Waals surface area contributed by atoms with E-state index in [9.17, 15) is 18.9 Å². The SMILES string of the molecule is C#C[C@]1(C)[C@@H]2O[P@](=O)(OCC[C@@H](OC)C(=O)OC(C)C)OC[C@H]2O[C@H]1N1C=CC(=O)CC1=O. The van der Waals surface area contributed by atoms with Crippen molar-refractivity contribution in [2.45, 2.75) is 64.3 Å². The molecule has 33 heavy (non-hydrogen) atoms. The predicted molar refractivity (Wildman–Crippen MR) is 112 cm³/mol. The molecule has 11 nitrogen and oxygen atoms in total. The summed E-state index contributed by atoms with van der Waals surface area (Å²) in [5.41, 5.74) is -1.20. The molecule has 2 saturated heterocycles. The molecule has 0 aromatic rings. The third kappa shape index (κ3) is 5.38. The number of hydrogen-bond acceptors (Lipinski definition) is 10. The molecule has 0 saturated carbocycles. The van der Waals surface area contributed by atoms with Gasteiger partial charge in [-0.05, 0) is 26.8 Å². The fourth-order valence-electron chi connectivity index (χ4n) is 3.79. The number of phosphoric ester groups is 1. The number of fused-ring (bicyclic) bond motifs is 1. The van der Waals surface area contributed by atoms with Gasteiger partial charge in [0.05, 0.1) is 25.7 Å². The second-order valence-corrected chi connectivity index (χ2v) is 9.94. The van der Waals surface area contributed by atoms with E-state index in [1.54, 1.807) is 20.8 Å². The van der Waals surface area contributed by atoms with Gasteiger partial charge in [-0.1, -0.05) is 5.92 Å². The number of phosphoric acid groups is 1. The molecular weight excluding hydrogens is 457 g/mol. The maximum atomic E-state index is 13.1. The molecule has 1 amide bonds. The number of esters is 1. The van der Waals surface area contributed by atoms with E-state index in [-0.39, 0.29) is 37.9 Å². The number of allylic oxidation sites excluding steroid dienone is 1. The van der Waals surface area contributed by atoms with Gasteiger partial charge in [-0.15, -0.1) is 6.42 Å². The van der Waals surface area contributed by atoms with Crippen LogP contribution in [0.4, 0.5) is 0 Å². The number of ether oxygens (including phenoxy) is 3. The number of rotatable bonds is 8. The first-order chi connectivity index (χ1) is 15.5. The van der Waals surface area contributed by atoms with Crippen LogP contribution < -0.4 is 0 Å². The van der Waals surface area contributed by atoms with Crippen molar-refractivity contribution in [2.24, 2.45) is 5.41 Å². The lowest BCUT2D eigenvalue weighted by atomic mass is 9.82. The third-order valence-corrected chi connectivity index (χ3v) is 6.96. The first-order valence-electron chi connectivity index (χ1n) is 10.5. The van der Waals surface area contributed by atoms with E-state index in [4.69, 9.17) is 34.2 Å². The quantitative estimate of drug-likeness (QED) is 0.216. The Morgan fingerprint density at radius 1 is 1.42 bits per heavy atom. The summed E-state index contributed by atoms with van der Waals surface area (Å²) < 4.78 is 45.6. The number of carbonyl (C=O) groups excluding carboxylic acids is 3. The molecule has 2 fully saturated rings. The summed E-state index contributed by atoms with van der Waals surface area (Å²) in [6.45, 7) is 4.74. The van der Waals surface area contributed by atoms with Crippen LogP contribution in [0.3, 0.4) is 0 Å². The summed E-state index contributed by atoms with van der Waals surface area (Å²) in [6, 6.07) is 0. The van der Waals surface area contributed by atoms with E-state index < -0.39 is 49.7 Å². The molecule has 0 radical (unpaired) electrons. The van der Waals surface area contributed by atoms with Gasteiger partial charge in [0, 0.05) is 19.7 Å².